The van der Waals surface area contributed by atoms with Crippen LogP contribution in [0.5, 0.6) is 6.01 Å². The monoisotopic (exact) mass is 187 g/mol. The van der Waals surface area contributed by atoms with E-state index in [0.717, 1.165) is 0 Å². The second-order valence-electron chi connectivity index (χ2n) is 1.79. The molecule has 1 rings (SSSR count). The van der Waals surface area contributed by atoms with E-state index >= 15 is 0 Å². The molecule has 1 aromatic heterocycles. The highest BCUT2D eigenvalue weighted by atomic mass is 31.0. The lowest BCUT2D eigenvalue weighted by atomic mass is 10.7. The van der Waals surface area contributed by atoms with Gasteiger partial charge in [-0.15, -0.1) is 5.10 Å². The molecule has 8 heteroatoms. The van der Waals surface area contributed by atoms with Gasteiger partial charge in [0.1, 0.15) is 0 Å². The highest BCUT2D eigenvalue weighted by Gasteiger charge is 2.05. The third kappa shape index (κ3) is 2.00. The summed E-state index contributed by atoms with van der Waals surface area (Å²) >= 11 is 0. The van der Waals surface area contributed by atoms with Gasteiger partial charge in [0.05, 0.1) is 0 Å². The molecule has 0 spiro atoms. The van der Waals surface area contributed by atoms with E-state index in [4.69, 9.17) is 11.5 Å². The maximum Gasteiger partial charge on any atom is 0.345 e. The standard InChI is InChI=1S/C4H6N5O2P/c5-1-2(6)8-9-3(7-1)11-4(10)12/h12H2,(H2,6,8)(H2,5,7,9). The molecule has 0 bridgehead atoms. The minimum Gasteiger partial charge on any atom is -0.387 e. The summed E-state index contributed by atoms with van der Waals surface area (Å²) in [6, 6.07) is -0.221. The predicted molar refractivity (Wildman–Crippen MR) is 44.4 cm³/mol. The minimum absolute atomic E-state index is 0.00134. The van der Waals surface area contributed by atoms with Crippen molar-refractivity contribution in [3.8, 4) is 6.01 Å². The van der Waals surface area contributed by atoms with Gasteiger partial charge in [-0.3, -0.25) is 0 Å². The number of nitrogens with two attached hydrogens (primary N) is 2. The maximum atomic E-state index is 10.4. The Morgan fingerprint density at radius 2 is 2.00 bits per heavy atom. The summed E-state index contributed by atoms with van der Waals surface area (Å²) in [6.07, 6.45) is 0. The Labute approximate surface area is 69.7 Å². The topological polar surface area (TPSA) is 117 Å². The van der Waals surface area contributed by atoms with Crippen LogP contribution in [0, 0.1) is 0 Å². The number of anilines is 2. The van der Waals surface area contributed by atoms with E-state index in [1.54, 1.807) is 9.24 Å². The van der Waals surface area contributed by atoms with Gasteiger partial charge in [0.25, 0.3) is 0 Å². The number of ether oxygens (including phenoxy) is 1. The first-order valence-electron chi connectivity index (χ1n) is 2.82. The highest BCUT2D eigenvalue weighted by molar-refractivity contribution is 7.39. The van der Waals surface area contributed by atoms with Crippen LogP contribution in [0.2, 0.25) is 0 Å². The van der Waals surface area contributed by atoms with Crippen LogP contribution in [0.25, 0.3) is 0 Å². The van der Waals surface area contributed by atoms with E-state index in [-0.39, 0.29) is 17.6 Å². The Bertz CT molecular complexity index is 316. The van der Waals surface area contributed by atoms with Gasteiger partial charge in [-0.2, -0.15) is 4.98 Å². The van der Waals surface area contributed by atoms with E-state index < -0.39 is 5.71 Å². The molecule has 0 radical (unpaired) electrons. The average Bonchev–Trinajstić information content (AvgIpc) is 1.96. The van der Waals surface area contributed by atoms with E-state index in [0.29, 0.717) is 0 Å². The lowest BCUT2D eigenvalue weighted by molar-refractivity contribution is 0.222. The molecule has 0 saturated carbocycles. The van der Waals surface area contributed by atoms with Crippen LogP contribution in [0.4, 0.5) is 16.4 Å². The molecule has 7 nitrogen and oxygen atoms in total. The van der Waals surface area contributed by atoms with Crippen LogP contribution in [0.3, 0.4) is 0 Å². The number of carbonyl (C=O) groups is 1. The zero-order valence-corrected chi connectivity index (χ0v) is 7.04. The zero-order chi connectivity index (χ0) is 9.14. The van der Waals surface area contributed by atoms with Gasteiger partial charge in [-0.1, -0.05) is 5.10 Å². The molecular formula is C4H6N5O2P. The molecule has 0 aromatic carbocycles. The SMILES string of the molecule is Nc1nnc(OC(=O)P)nc1N. The van der Waals surface area contributed by atoms with Gasteiger partial charge in [0, 0.05) is 0 Å². The Morgan fingerprint density at radius 1 is 1.33 bits per heavy atom. The smallest absolute Gasteiger partial charge is 0.345 e. The summed E-state index contributed by atoms with van der Waals surface area (Å²) in [4.78, 5) is 13.9. The number of hydrogen-bond donors (Lipinski definition) is 2. The van der Waals surface area contributed by atoms with Crippen molar-refractivity contribution in [3.63, 3.8) is 0 Å². The number of carbonyl (C=O) groups excluding carboxylic acids is 1. The fourth-order valence-electron chi connectivity index (χ4n) is 0.464. The van der Waals surface area contributed by atoms with Gasteiger partial charge < -0.3 is 16.2 Å². The van der Waals surface area contributed by atoms with Gasteiger partial charge in [0.15, 0.2) is 11.6 Å². The van der Waals surface area contributed by atoms with Gasteiger partial charge >= 0.3 is 11.7 Å². The Morgan fingerprint density at radius 3 is 2.50 bits per heavy atom. The van der Waals surface area contributed by atoms with E-state index in [2.05, 4.69) is 19.9 Å². The largest absolute Gasteiger partial charge is 0.387 e. The summed E-state index contributed by atoms with van der Waals surface area (Å²) in [5.74, 6) is -0.0233. The van der Waals surface area contributed by atoms with Crippen molar-refractivity contribution in [2.75, 3.05) is 11.5 Å². The van der Waals surface area contributed by atoms with Crippen LogP contribution < -0.4 is 16.2 Å². The van der Waals surface area contributed by atoms with E-state index in [9.17, 15) is 4.79 Å². The Balaban J connectivity index is 2.89. The molecule has 12 heavy (non-hydrogen) atoms. The third-order valence-electron chi connectivity index (χ3n) is 0.914. The maximum absolute atomic E-state index is 10.4. The third-order valence-corrected chi connectivity index (χ3v) is 1.03. The molecular weight excluding hydrogens is 181 g/mol. The summed E-state index contributed by atoms with van der Waals surface area (Å²) in [6.45, 7) is 0. The molecule has 1 atom stereocenters. The number of hydrogen-bond acceptors (Lipinski definition) is 7. The molecule has 0 aliphatic heterocycles. The number of rotatable bonds is 1. The van der Waals surface area contributed by atoms with Crippen LogP contribution >= 0.6 is 9.24 Å². The summed E-state index contributed by atoms with van der Waals surface area (Å²) in [5.41, 5.74) is 9.85. The lowest BCUT2D eigenvalue weighted by Gasteiger charge is -1.99. The van der Waals surface area contributed by atoms with Crippen LogP contribution in [0.1, 0.15) is 0 Å². The Kier molecular flexibility index (Phi) is 2.35. The van der Waals surface area contributed by atoms with Crippen molar-refractivity contribution in [2.24, 2.45) is 0 Å². The summed E-state index contributed by atoms with van der Waals surface area (Å²) < 4.78 is 4.45. The molecule has 0 amide bonds. The average molecular weight is 187 g/mol. The molecule has 0 saturated heterocycles. The zero-order valence-electron chi connectivity index (χ0n) is 5.89. The molecule has 0 aliphatic rings. The van der Waals surface area contributed by atoms with Crippen molar-refractivity contribution < 1.29 is 9.53 Å². The first-order chi connectivity index (χ1) is 5.59. The van der Waals surface area contributed by atoms with Crippen LogP contribution in [-0.4, -0.2) is 20.9 Å². The van der Waals surface area contributed by atoms with Crippen molar-refractivity contribution in [1.29, 1.82) is 0 Å². The second-order valence-corrected chi connectivity index (χ2v) is 2.26. The fraction of sp³-hybridized carbons (Fsp3) is 0. The van der Waals surface area contributed by atoms with Crippen molar-refractivity contribution in [2.45, 2.75) is 0 Å². The van der Waals surface area contributed by atoms with Crippen molar-refractivity contribution in [1.82, 2.24) is 15.2 Å². The van der Waals surface area contributed by atoms with Gasteiger partial charge in [-0.05, 0) is 9.24 Å². The number of nitrogens with zero attached hydrogens (tertiary/aromatic N) is 3. The predicted octanol–water partition coefficient (Wildman–Crippen LogP) is -0.590. The molecule has 64 valence electrons. The molecule has 1 heterocycles. The van der Waals surface area contributed by atoms with Gasteiger partial charge in [0.2, 0.25) is 0 Å². The first kappa shape index (κ1) is 8.61. The molecule has 1 aromatic rings. The molecule has 4 N–H and O–H groups in total. The molecule has 0 aliphatic carbocycles. The van der Waals surface area contributed by atoms with Gasteiger partial charge in [-0.25, -0.2) is 4.79 Å². The molecule has 1 unspecified atom stereocenters. The van der Waals surface area contributed by atoms with E-state index in [1.807, 2.05) is 0 Å². The summed E-state index contributed by atoms with van der Waals surface area (Å²) in [5, 5.41) is 6.74. The normalized spacial score (nSPS) is 9.42. The van der Waals surface area contributed by atoms with E-state index in [1.165, 1.54) is 0 Å². The molecule has 0 fully saturated rings. The summed E-state index contributed by atoms with van der Waals surface area (Å²) in [7, 11) is 1.79. The second kappa shape index (κ2) is 3.27. The lowest BCUT2D eigenvalue weighted by Crippen LogP contribution is -2.07. The highest BCUT2D eigenvalue weighted by Crippen LogP contribution is 2.10. The van der Waals surface area contributed by atoms with Crippen molar-refractivity contribution >= 4 is 26.6 Å². The quantitative estimate of drug-likeness (QED) is 0.564. The number of aromatic nitrogens is 3. The fourth-order valence-corrected chi connectivity index (χ4v) is 0.569. The Hall–Kier alpha value is -1.49. The number of nitrogen functional groups attached to an aromatic ring is 2. The van der Waals surface area contributed by atoms with Crippen LogP contribution in [-0.2, 0) is 0 Å². The van der Waals surface area contributed by atoms with Crippen molar-refractivity contribution in [3.05, 3.63) is 0 Å². The van der Waals surface area contributed by atoms with Crippen LogP contribution in [0.15, 0.2) is 0 Å². The minimum atomic E-state index is -0.624. The first-order valence-corrected chi connectivity index (χ1v) is 3.40.